The van der Waals surface area contributed by atoms with Crippen molar-refractivity contribution < 1.29 is 27.1 Å². The fourth-order valence-electron chi connectivity index (χ4n) is 4.36. The summed E-state index contributed by atoms with van der Waals surface area (Å²) in [4.78, 5) is 28.1. The van der Waals surface area contributed by atoms with Gasteiger partial charge in [-0.1, -0.05) is 36.4 Å². The molecule has 10 heteroatoms. The van der Waals surface area contributed by atoms with Gasteiger partial charge in [-0.25, -0.2) is 17.5 Å². The van der Waals surface area contributed by atoms with Crippen molar-refractivity contribution >= 4 is 21.8 Å². The highest BCUT2D eigenvalue weighted by molar-refractivity contribution is 7.89. The first-order chi connectivity index (χ1) is 19.6. The zero-order valence-electron chi connectivity index (χ0n) is 23.3. The van der Waals surface area contributed by atoms with Crippen LogP contribution in [0.15, 0.2) is 77.7 Å². The lowest BCUT2D eigenvalue weighted by Crippen LogP contribution is -2.48. The number of hydrogen-bond donors (Lipinski definition) is 2. The number of sulfonamides is 1. The molecule has 0 radical (unpaired) electrons. The van der Waals surface area contributed by atoms with Crippen LogP contribution in [0.5, 0.6) is 5.75 Å². The molecule has 41 heavy (non-hydrogen) atoms. The van der Waals surface area contributed by atoms with Gasteiger partial charge in [-0.05, 0) is 85.7 Å². The standard InChI is InChI=1S/C31H36FN3O5S/c1-22(31(37)33-20-19-24-5-14-28(40-2)15-6-24)35(21-25-3-10-26(32)11-4-25)30(36)18-9-23-7-16-29(17-8-23)41(38,39)34-27-12-13-27/h3-8,10-11,14-17,22,27,34H,9,12-13,18-21H2,1-2H3,(H,33,37)/t22-/m1/s1. The van der Waals surface area contributed by atoms with Gasteiger partial charge in [0.15, 0.2) is 0 Å². The molecule has 1 saturated carbocycles. The Morgan fingerprint density at radius 1 is 0.927 bits per heavy atom. The monoisotopic (exact) mass is 581 g/mol. The molecule has 1 atom stereocenters. The minimum atomic E-state index is -3.55. The number of ether oxygens (including phenoxy) is 1. The van der Waals surface area contributed by atoms with Gasteiger partial charge in [0.2, 0.25) is 21.8 Å². The van der Waals surface area contributed by atoms with Crippen LogP contribution in [0, 0.1) is 5.82 Å². The molecular weight excluding hydrogens is 545 g/mol. The van der Waals surface area contributed by atoms with Crippen molar-refractivity contribution in [2.45, 2.75) is 62.6 Å². The predicted molar refractivity (Wildman–Crippen MR) is 154 cm³/mol. The maximum Gasteiger partial charge on any atom is 0.242 e. The van der Waals surface area contributed by atoms with Crippen LogP contribution in [-0.4, -0.2) is 50.9 Å². The summed E-state index contributed by atoms with van der Waals surface area (Å²) in [5.74, 6) is -0.146. The molecule has 0 saturated heterocycles. The molecule has 0 heterocycles. The molecule has 0 spiro atoms. The minimum Gasteiger partial charge on any atom is -0.497 e. The van der Waals surface area contributed by atoms with Crippen molar-refractivity contribution in [1.29, 1.82) is 0 Å². The zero-order chi connectivity index (χ0) is 29.4. The van der Waals surface area contributed by atoms with E-state index >= 15 is 0 Å². The maximum atomic E-state index is 13.5. The smallest absolute Gasteiger partial charge is 0.242 e. The molecule has 1 fully saturated rings. The van der Waals surface area contributed by atoms with E-state index in [0.29, 0.717) is 24.9 Å². The normalized spacial score (nSPS) is 13.8. The lowest BCUT2D eigenvalue weighted by molar-refractivity contribution is -0.140. The lowest BCUT2D eigenvalue weighted by atomic mass is 10.1. The summed E-state index contributed by atoms with van der Waals surface area (Å²) >= 11 is 0. The van der Waals surface area contributed by atoms with Crippen molar-refractivity contribution in [1.82, 2.24) is 14.9 Å². The molecule has 1 aliphatic carbocycles. The highest BCUT2D eigenvalue weighted by Crippen LogP contribution is 2.22. The molecule has 2 N–H and O–H groups in total. The zero-order valence-corrected chi connectivity index (χ0v) is 24.1. The number of methoxy groups -OCH3 is 1. The van der Waals surface area contributed by atoms with E-state index in [9.17, 15) is 22.4 Å². The van der Waals surface area contributed by atoms with Crippen molar-refractivity contribution in [3.8, 4) is 5.75 Å². The number of benzene rings is 3. The molecule has 0 bridgehead atoms. The third-order valence-corrected chi connectivity index (χ3v) is 8.60. The third kappa shape index (κ3) is 8.86. The first-order valence-electron chi connectivity index (χ1n) is 13.7. The van der Waals surface area contributed by atoms with E-state index in [1.807, 2.05) is 24.3 Å². The summed E-state index contributed by atoms with van der Waals surface area (Å²) < 4.78 is 46.2. The van der Waals surface area contributed by atoms with Crippen LogP contribution in [0.25, 0.3) is 0 Å². The maximum absolute atomic E-state index is 13.5. The van der Waals surface area contributed by atoms with E-state index in [1.54, 1.807) is 50.4 Å². The molecule has 3 aromatic rings. The number of carbonyl (C=O) groups excluding carboxylic acids is 2. The van der Waals surface area contributed by atoms with Gasteiger partial charge in [-0.2, -0.15) is 0 Å². The second-order valence-corrected chi connectivity index (χ2v) is 12.0. The Kier molecular flexibility index (Phi) is 10.1. The van der Waals surface area contributed by atoms with Crippen molar-refractivity contribution in [3.05, 3.63) is 95.3 Å². The summed E-state index contributed by atoms with van der Waals surface area (Å²) in [5.41, 5.74) is 2.55. The number of carbonyl (C=O) groups is 2. The van der Waals surface area contributed by atoms with Crippen molar-refractivity contribution in [3.63, 3.8) is 0 Å². The lowest BCUT2D eigenvalue weighted by Gasteiger charge is -2.29. The molecule has 2 amide bonds. The van der Waals surface area contributed by atoms with Gasteiger partial charge in [-0.15, -0.1) is 0 Å². The predicted octanol–water partition coefficient (Wildman–Crippen LogP) is 3.98. The molecule has 8 nitrogen and oxygen atoms in total. The molecule has 4 rings (SSSR count). The minimum absolute atomic E-state index is 0.0195. The number of rotatable bonds is 14. The Bertz CT molecular complexity index is 1420. The van der Waals surface area contributed by atoms with Crippen molar-refractivity contribution in [2.75, 3.05) is 13.7 Å². The second-order valence-electron chi connectivity index (χ2n) is 10.3. The van der Waals surface area contributed by atoms with Crippen LogP contribution < -0.4 is 14.8 Å². The van der Waals surface area contributed by atoms with Crippen LogP contribution in [-0.2, 0) is 39.0 Å². The Morgan fingerprint density at radius 2 is 1.51 bits per heavy atom. The second kappa shape index (κ2) is 13.7. The fourth-order valence-corrected chi connectivity index (χ4v) is 5.66. The molecular formula is C31H36FN3O5S. The fraction of sp³-hybridized carbons (Fsp3) is 0.355. The van der Waals surface area contributed by atoms with E-state index in [2.05, 4.69) is 10.0 Å². The number of amides is 2. The number of hydrogen-bond acceptors (Lipinski definition) is 5. The summed E-state index contributed by atoms with van der Waals surface area (Å²) in [6.45, 7) is 2.23. The number of aryl methyl sites for hydroxylation is 1. The van der Waals surface area contributed by atoms with Crippen LogP contribution in [0.3, 0.4) is 0 Å². The van der Waals surface area contributed by atoms with Gasteiger partial charge in [0.05, 0.1) is 12.0 Å². The summed E-state index contributed by atoms with van der Waals surface area (Å²) in [7, 11) is -1.94. The average molecular weight is 582 g/mol. The summed E-state index contributed by atoms with van der Waals surface area (Å²) in [6.07, 6.45) is 2.83. The summed E-state index contributed by atoms with van der Waals surface area (Å²) in [5, 5.41) is 2.91. The van der Waals surface area contributed by atoms with E-state index in [4.69, 9.17) is 4.74 Å². The van der Waals surface area contributed by atoms with E-state index < -0.39 is 16.1 Å². The first kappa shape index (κ1) is 30.2. The van der Waals surface area contributed by atoms with Crippen LogP contribution >= 0.6 is 0 Å². The van der Waals surface area contributed by atoms with Crippen LogP contribution in [0.2, 0.25) is 0 Å². The van der Waals surface area contributed by atoms with E-state index in [1.165, 1.54) is 17.0 Å². The molecule has 218 valence electrons. The molecule has 1 aliphatic rings. The largest absolute Gasteiger partial charge is 0.497 e. The highest BCUT2D eigenvalue weighted by Gasteiger charge is 2.28. The van der Waals surface area contributed by atoms with Gasteiger partial charge in [-0.3, -0.25) is 9.59 Å². The van der Waals surface area contributed by atoms with Gasteiger partial charge in [0.25, 0.3) is 0 Å². The highest BCUT2D eigenvalue weighted by atomic mass is 32.2. The Morgan fingerprint density at radius 3 is 2.12 bits per heavy atom. The van der Waals surface area contributed by atoms with Crippen molar-refractivity contribution in [2.24, 2.45) is 0 Å². The Hall–Kier alpha value is -3.76. The topological polar surface area (TPSA) is 105 Å². The van der Waals surface area contributed by atoms with E-state index in [0.717, 1.165) is 29.7 Å². The Labute approximate surface area is 241 Å². The molecule has 0 aromatic heterocycles. The molecule has 0 unspecified atom stereocenters. The van der Waals surface area contributed by atoms with Gasteiger partial charge < -0.3 is 15.0 Å². The quantitative estimate of drug-likeness (QED) is 0.300. The number of nitrogens with zero attached hydrogens (tertiary/aromatic N) is 1. The molecule has 3 aromatic carbocycles. The average Bonchev–Trinajstić information content (AvgIpc) is 3.79. The number of halogens is 1. The van der Waals surface area contributed by atoms with Gasteiger partial charge >= 0.3 is 0 Å². The third-order valence-electron chi connectivity index (χ3n) is 7.07. The van der Waals surface area contributed by atoms with Crippen LogP contribution in [0.4, 0.5) is 4.39 Å². The first-order valence-corrected chi connectivity index (χ1v) is 15.2. The Balaban J connectivity index is 1.37. The van der Waals surface area contributed by atoms with Crippen LogP contribution in [0.1, 0.15) is 42.9 Å². The SMILES string of the molecule is COc1ccc(CCNC(=O)[C@@H](C)N(Cc2ccc(F)cc2)C(=O)CCc2ccc(S(=O)(=O)NC3CC3)cc2)cc1. The van der Waals surface area contributed by atoms with Gasteiger partial charge in [0.1, 0.15) is 17.6 Å². The summed E-state index contributed by atoms with van der Waals surface area (Å²) in [6, 6.07) is 19.2. The van der Waals surface area contributed by atoms with E-state index in [-0.39, 0.29) is 41.5 Å². The number of nitrogens with one attached hydrogen (secondary N) is 2. The van der Waals surface area contributed by atoms with Gasteiger partial charge in [0, 0.05) is 25.6 Å². The molecule has 0 aliphatic heterocycles.